The van der Waals surface area contributed by atoms with Gasteiger partial charge in [0.05, 0.1) is 18.0 Å². The fraction of sp³-hybridized carbons (Fsp3) is 0.348. The van der Waals surface area contributed by atoms with Crippen LogP contribution in [0, 0.1) is 0 Å². The lowest BCUT2D eigenvalue weighted by Gasteiger charge is -2.33. The van der Waals surface area contributed by atoms with Crippen molar-refractivity contribution >= 4 is 38.4 Å². The van der Waals surface area contributed by atoms with E-state index < -0.39 is 16.1 Å². The minimum absolute atomic E-state index is 0.0787. The van der Waals surface area contributed by atoms with Crippen LogP contribution in [-0.2, 0) is 14.8 Å². The summed E-state index contributed by atoms with van der Waals surface area (Å²) in [5, 5.41) is 1.59. The monoisotopic (exact) mass is 475 g/mol. The smallest absolute Gasteiger partial charge is 0.241 e. The summed E-state index contributed by atoms with van der Waals surface area (Å²) in [6, 6.07) is 11.0. The Kier molecular flexibility index (Phi) is 6.46. The van der Waals surface area contributed by atoms with Gasteiger partial charge in [-0.2, -0.15) is 4.72 Å². The van der Waals surface area contributed by atoms with Crippen molar-refractivity contribution in [2.45, 2.75) is 36.6 Å². The zero-order chi connectivity index (χ0) is 22.9. The van der Waals surface area contributed by atoms with Gasteiger partial charge in [0.15, 0.2) is 0 Å². The average Bonchev–Trinajstić information content (AvgIpc) is 3.21. The van der Waals surface area contributed by atoms with Crippen LogP contribution in [0.1, 0.15) is 31.2 Å². The SMILES string of the molecule is COc1ccc2[nH]cc(C3CCN(C(=O)[C@H](C)NS(=O)(=O)c4ccc(Cl)cc4)CC3)c2c1. The highest BCUT2D eigenvalue weighted by atomic mass is 35.5. The van der Waals surface area contributed by atoms with Crippen LogP contribution in [0.25, 0.3) is 10.9 Å². The third-order valence-corrected chi connectivity index (χ3v) is 7.80. The predicted molar refractivity (Wildman–Crippen MR) is 125 cm³/mol. The van der Waals surface area contributed by atoms with Gasteiger partial charge in [0.2, 0.25) is 15.9 Å². The van der Waals surface area contributed by atoms with E-state index in [1.165, 1.54) is 29.8 Å². The molecule has 2 N–H and O–H groups in total. The van der Waals surface area contributed by atoms with Crippen LogP contribution in [0.4, 0.5) is 0 Å². The van der Waals surface area contributed by atoms with E-state index in [1.54, 1.807) is 18.9 Å². The molecule has 32 heavy (non-hydrogen) atoms. The quantitative estimate of drug-likeness (QED) is 0.565. The normalized spacial score (nSPS) is 16.3. The fourth-order valence-electron chi connectivity index (χ4n) is 4.24. The van der Waals surface area contributed by atoms with Gasteiger partial charge < -0.3 is 14.6 Å². The predicted octanol–water partition coefficient (Wildman–Crippen LogP) is 3.90. The molecule has 0 saturated carbocycles. The number of fused-ring (bicyclic) bond motifs is 1. The first-order chi connectivity index (χ1) is 15.3. The van der Waals surface area contributed by atoms with Crippen molar-refractivity contribution in [3.8, 4) is 5.75 Å². The molecule has 1 saturated heterocycles. The minimum atomic E-state index is -3.81. The van der Waals surface area contributed by atoms with Gasteiger partial charge in [0.1, 0.15) is 5.75 Å². The van der Waals surface area contributed by atoms with Crippen LogP contribution >= 0.6 is 11.6 Å². The van der Waals surface area contributed by atoms with E-state index in [-0.39, 0.29) is 10.8 Å². The van der Waals surface area contributed by atoms with Crippen molar-refractivity contribution < 1.29 is 17.9 Å². The fourth-order valence-corrected chi connectivity index (χ4v) is 5.56. The molecule has 2 aromatic carbocycles. The molecule has 2 heterocycles. The molecule has 0 radical (unpaired) electrons. The summed E-state index contributed by atoms with van der Waals surface area (Å²) in [7, 11) is -2.16. The molecule has 1 aliphatic heterocycles. The molecule has 1 aliphatic rings. The van der Waals surface area contributed by atoms with Crippen LogP contribution in [0.3, 0.4) is 0 Å². The van der Waals surface area contributed by atoms with Crippen molar-refractivity contribution in [2.24, 2.45) is 0 Å². The van der Waals surface area contributed by atoms with Gasteiger partial charge in [-0.25, -0.2) is 8.42 Å². The number of carbonyl (C=O) groups is 1. The van der Waals surface area contributed by atoms with Crippen molar-refractivity contribution in [3.63, 3.8) is 0 Å². The summed E-state index contributed by atoms with van der Waals surface area (Å²) < 4.78 is 33.0. The van der Waals surface area contributed by atoms with E-state index in [9.17, 15) is 13.2 Å². The second-order valence-corrected chi connectivity index (χ2v) is 10.2. The lowest BCUT2D eigenvalue weighted by molar-refractivity contribution is -0.133. The summed E-state index contributed by atoms with van der Waals surface area (Å²) in [6.45, 7) is 2.73. The number of piperidine rings is 1. The van der Waals surface area contributed by atoms with Gasteiger partial charge in [-0.1, -0.05) is 11.6 Å². The number of H-pyrrole nitrogens is 1. The molecular formula is C23H26ClN3O4S. The van der Waals surface area contributed by atoms with E-state index in [4.69, 9.17) is 16.3 Å². The molecule has 0 unspecified atom stereocenters. The number of aromatic amines is 1. The second kappa shape index (κ2) is 9.13. The summed E-state index contributed by atoms with van der Waals surface area (Å²) in [5.74, 6) is 0.912. The Morgan fingerprint density at radius 1 is 1.19 bits per heavy atom. The summed E-state index contributed by atoms with van der Waals surface area (Å²) in [4.78, 5) is 18.0. The number of carbonyl (C=O) groups excluding carboxylic acids is 1. The average molecular weight is 476 g/mol. The lowest BCUT2D eigenvalue weighted by atomic mass is 9.89. The molecule has 0 spiro atoms. The van der Waals surface area contributed by atoms with Gasteiger partial charge >= 0.3 is 0 Å². The number of nitrogens with one attached hydrogen (secondary N) is 2. The van der Waals surface area contributed by atoms with E-state index in [0.29, 0.717) is 24.0 Å². The van der Waals surface area contributed by atoms with Crippen molar-refractivity contribution in [1.82, 2.24) is 14.6 Å². The Hall–Kier alpha value is -2.55. The Bertz CT molecular complexity index is 1220. The number of methoxy groups -OCH3 is 1. The van der Waals surface area contributed by atoms with Crippen molar-refractivity contribution in [2.75, 3.05) is 20.2 Å². The number of ether oxygens (including phenoxy) is 1. The lowest BCUT2D eigenvalue weighted by Crippen LogP contribution is -2.49. The number of hydrogen-bond donors (Lipinski definition) is 2. The number of hydrogen-bond acceptors (Lipinski definition) is 4. The number of rotatable bonds is 6. The standard InChI is InChI=1S/C23H26ClN3O4S/c1-15(26-32(29,30)19-6-3-17(24)4-7-19)23(28)27-11-9-16(10-12-27)21-14-25-22-8-5-18(31-2)13-20(21)22/h3-8,13-16,25-26H,9-12H2,1-2H3/t15-/m0/s1. The van der Waals surface area contributed by atoms with Gasteiger partial charge in [-0.05, 0) is 73.7 Å². The van der Waals surface area contributed by atoms with E-state index in [2.05, 4.69) is 9.71 Å². The highest BCUT2D eigenvalue weighted by Crippen LogP contribution is 2.34. The topological polar surface area (TPSA) is 91.5 Å². The number of halogens is 1. The second-order valence-electron chi connectivity index (χ2n) is 8.05. The zero-order valence-corrected chi connectivity index (χ0v) is 19.5. The third-order valence-electron chi connectivity index (χ3n) is 5.99. The third kappa shape index (κ3) is 4.62. The maximum Gasteiger partial charge on any atom is 0.241 e. The molecule has 9 heteroatoms. The largest absolute Gasteiger partial charge is 0.497 e. The first kappa shape index (κ1) is 22.6. The number of amides is 1. The number of benzene rings is 2. The Morgan fingerprint density at radius 2 is 1.88 bits per heavy atom. The Morgan fingerprint density at radius 3 is 2.53 bits per heavy atom. The van der Waals surface area contributed by atoms with Gasteiger partial charge in [-0.3, -0.25) is 4.79 Å². The van der Waals surface area contributed by atoms with Crippen molar-refractivity contribution in [1.29, 1.82) is 0 Å². The molecule has 4 rings (SSSR count). The first-order valence-corrected chi connectivity index (χ1v) is 12.4. The zero-order valence-electron chi connectivity index (χ0n) is 18.0. The maximum absolute atomic E-state index is 12.9. The highest BCUT2D eigenvalue weighted by molar-refractivity contribution is 7.89. The van der Waals surface area contributed by atoms with Crippen LogP contribution in [-0.4, -0.2) is 50.5 Å². The summed E-state index contributed by atoms with van der Waals surface area (Å²) >= 11 is 5.83. The van der Waals surface area contributed by atoms with Gasteiger partial charge in [0, 0.05) is 35.2 Å². The molecule has 1 atom stereocenters. The van der Waals surface area contributed by atoms with Crippen LogP contribution in [0.2, 0.25) is 5.02 Å². The minimum Gasteiger partial charge on any atom is -0.497 e. The Labute approximate surface area is 192 Å². The Balaban J connectivity index is 1.39. The molecule has 0 aliphatic carbocycles. The van der Waals surface area contributed by atoms with Gasteiger partial charge in [-0.15, -0.1) is 0 Å². The van der Waals surface area contributed by atoms with E-state index in [0.717, 1.165) is 29.5 Å². The highest BCUT2D eigenvalue weighted by Gasteiger charge is 2.30. The number of sulfonamides is 1. The molecule has 7 nitrogen and oxygen atoms in total. The van der Waals surface area contributed by atoms with Crippen LogP contribution < -0.4 is 9.46 Å². The van der Waals surface area contributed by atoms with E-state index >= 15 is 0 Å². The molecule has 1 fully saturated rings. The summed E-state index contributed by atoms with van der Waals surface area (Å²) in [5.41, 5.74) is 2.28. The molecule has 1 aromatic heterocycles. The number of aromatic nitrogens is 1. The molecule has 0 bridgehead atoms. The van der Waals surface area contributed by atoms with Crippen molar-refractivity contribution in [3.05, 3.63) is 59.2 Å². The van der Waals surface area contributed by atoms with Crippen LogP contribution in [0.5, 0.6) is 5.75 Å². The first-order valence-electron chi connectivity index (χ1n) is 10.5. The maximum atomic E-state index is 12.9. The number of likely N-dealkylation sites (tertiary alicyclic amines) is 1. The molecule has 3 aromatic rings. The van der Waals surface area contributed by atoms with E-state index in [1.807, 2.05) is 24.4 Å². The summed E-state index contributed by atoms with van der Waals surface area (Å²) in [6.07, 6.45) is 3.66. The van der Waals surface area contributed by atoms with Gasteiger partial charge in [0.25, 0.3) is 0 Å². The molecule has 1 amide bonds. The number of nitrogens with zero attached hydrogens (tertiary/aromatic N) is 1. The van der Waals surface area contributed by atoms with Crippen LogP contribution in [0.15, 0.2) is 53.6 Å². The molecule has 170 valence electrons. The molecular weight excluding hydrogens is 450 g/mol.